The summed E-state index contributed by atoms with van der Waals surface area (Å²) in [6, 6.07) is 5.09. The fraction of sp³-hybridized carbons (Fsp3) is 0.222. The summed E-state index contributed by atoms with van der Waals surface area (Å²) < 4.78 is 0.731. The van der Waals surface area contributed by atoms with Crippen LogP contribution in [-0.2, 0) is 0 Å². The van der Waals surface area contributed by atoms with E-state index in [4.69, 9.17) is 23.2 Å². The van der Waals surface area contributed by atoms with Gasteiger partial charge in [0.15, 0.2) is 5.78 Å². The van der Waals surface area contributed by atoms with Gasteiger partial charge in [0.2, 0.25) is 0 Å². The monoisotopic (exact) mass is 280 g/mol. The van der Waals surface area contributed by atoms with Crippen molar-refractivity contribution >= 4 is 44.9 Å². The fourth-order valence-corrected chi connectivity index (χ4v) is 1.57. The Kier molecular flexibility index (Phi) is 4.23. The van der Waals surface area contributed by atoms with Crippen LogP contribution in [0.3, 0.4) is 0 Å². The third kappa shape index (κ3) is 2.97. The lowest BCUT2D eigenvalue weighted by molar-refractivity contribution is 0.0989. The normalized spacial score (nSPS) is 10.1. The highest BCUT2D eigenvalue weighted by atomic mass is 79.9. The molecule has 1 nitrogen and oxygen atoms in total. The van der Waals surface area contributed by atoms with Gasteiger partial charge < -0.3 is 0 Å². The molecule has 0 amide bonds. The van der Waals surface area contributed by atoms with Gasteiger partial charge in [0, 0.05) is 22.3 Å². The minimum atomic E-state index is 0.0346. The van der Waals surface area contributed by atoms with Crippen molar-refractivity contribution in [2.24, 2.45) is 0 Å². The Bertz CT molecular complexity index is 325. The Morgan fingerprint density at radius 1 is 1.46 bits per heavy atom. The molecule has 0 radical (unpaired) electrons. The average Bonchev–Trinajstić information content (AvgIpc) is 2.10. The highest BCUT2D eigenvalue weighted by Crippen LogP contribution is 2.23. The van der Waals surface area contributed by atoms with E-state index in [1.54, 1.807) is 18.2 Å². The second kappa shape index (κ2) is 4.99. The highest BCUT2D eigenvalue weighted by Gasteiger charge is 2.06. The molecule has 0 N–H and O–H groups in total. The van der Waals surface area contributed by atoms with Crippen LogP contribution in [-0.4, -0.2) is 11.7 Å². The summed E-state index contributed by atoms with van der Waals surface area (Å²) in [5.41, 5.74) is 0.636. The second-order valence-corrected chi connectivity index (χ2v) is 4.13. The number of Topliss-reactive ketones (excluding diaryl/α,β-unsaturated/α-hetero) is 1. The number of ketones is 1. The number of hydrogen-bond acceptors (Lipinski definition) is 1. The maximum absolute atomic E-state index is 11.4. The quantitative estimate of drug-likeness (QED) is 0.606. The van der Waals surface area contributed by atoms with Crippen molar-refractivity contribution in [1.29, 1.82) is 0 Å². The molecule has 0 atom stereocenters. The maximum Gasteiger partial charge on any atom is 0.164 e. The van der Waals surface area contributed by atoms with E-state index in [1.807, 2.05) is 0 Å². The van der Waals surface area contributed by atoms with Crippen molar-refractivity contribution in [3.05, 3.63) is 33.3 Å². The molecule has 1 aromatic carbocycles. The first kappa shape index (κ1) is 11.0. The average molecular weight is 282 g/mol. The van der Waals surface area contributed by atoms with Crippen LogP contribution in [0.15, 0.2) is 22.7 Å². The molecule has 0 aromatic heterocycles. The molecule has 0 saturated carbocycles. The van der Waals surface area contributed by atoms with Gasteiger partial charge >= 0.3 is 0 Å². The predicted molar refractivity (Wildman–Crippen MR) is 58.8 cm³/mol. The lowest BCUT2D eigenvalue weighted by Crippen LogP contribution is -1.99. The molecule has 0 unspecified atom stereocenters. The van der Waals surface area contributed by atoms with Crippen molar-refractivity contribution in [2.45, 2.75) is 6.42 Å². The summed E-state index contributed by atoms with van der Waals surface area (Å²) in [4.78, 5) is 11.4. The fourth-order valence-electron chi connectivity index (χ4n) is 0.900. The van der Waals surface area contributed by atoms with E-state index in [2.05, 4.69) is 15.9 Å². The Morgan fingerprint density at radius 3 is 2.69 bits per heavy atom. The highest BCUT2D eigenvalue weighted by molar-refractivity contribution is 9.10. The summed E-state index contributed by atoms with van der Waals surface area (Å²) in [6.45, 7) is 0. The van der Waals surface area contributed by atoms with Crippen molar-refractivity contribution in [1.82, 2.24) is 0 Å². The van der Waals surface area contributed by atoms with Crippen LogP contribution >= 0.6 is 39.1 Å². The maximum atomic E-state index is 11.4. The summed E-state index contributed by atoms with van der Waals surface area (Å²) in [5, 5.41) is 0.599. The van der Waals surface area contributed by atoms with Gasteiger partial charge in [-0.2, -0.15) is 0 Å². The number of rotatable bonds is 3. The summed E-state index contributed by atoms with van der Waals surface area (Å²) in [7, 11) is 0. The Labute approximate surface area is 95.2 Å². The predicted octanol–water partition coefficient (Wildman–Crippen LogP) is 3.91. The van der Waals surface area contributed by atoms with Crippen LogP contribution in [0.25, 0.3) is 0 Å². The van der Waals surface area contributed by atoms with E-state index < -0.39 is 0 Å². The van der Waals surface area contributed by atoms with Crippen LogP contribution in [0.2, 0.25) is 5.02 Å². The molecule has 0 aliphatic heterocycles. The number of alkyl halides is 1. The Morgan fingerprint density at radius 2 is 2.15 bits per heavy atom. The zero-order valence-electron chi connectivity index (χ0n) is 6.69. The van der Waals surface area contributed by atoms with Crippen LogP contribution in [0.4, 0.5) is 0 Å². The van der Waals surface area contributed by atoms with Crippen LogP contribution in [0, 0.1) is 0 Å². The third-order valence-electron chi connectivity index (χ3n) is 1.56. The van der Waals surface area contributed by atoms with E-state index in [1.165, 1.54) is 0 Å². The van der Waals surface area contributed by atoms with Gasteiger partial charge in [0.1, 0.15) is 0 Å². The minimum Gasteiger partial charge on any atom is -0.294 e. The molecular weight excluding hydrogens is 275 g/mol. The molecule has 13 heavy (non-hydrogen) atoms. The van der Waals surface area contributed by atoms with Gasteiger partial charge in [0.25, 0.3) is 0 Å². The smallest absolute Gasteiger partial charge is 0.164 e. The molecule has 0 aliphatic rings. The topological polar surface area (TPSA) is 17.1 Å². The zero-order valence-corrected chi connectivity index (χ0v) is 9.79. The van der Waals surface area contributed by atoms with Crippen molar-refractivity contribution in [3.63, 3.8) is 0 Å². The van der Waals surface area contributed by atoms with E-state index >= 15 is 0 Å². The minimum absolute atomic E-state index is 0.0346. The first-order chi connectivity index (χ1) is 6.15. The Hall–Kier alpha value is -0.0500. The van der Waals surface area contributed by atoms with E-state index in [0.29, 0.717) is 22.9 Å². The Balaban J connectivity index is 2.90. The van der Waals surface area contributed by atoms with Gasteiger partial charge in [-0.25, -0.2) is 0 Å². The lowest BCUT2D eigenvalue weighted by atomic mass is 10.1. The molecule has 0 spiro atoms. The molecule has 0 fully saturated rings. The molecule has 0 saturated heterocycles. The summed E-state index contributed by atoms with van der Waals surface area (Å²) in [5.74, 6) is 0.381. The second-order valence-electron chi connectivity index (χ2n) is 2.49. The van der Waals surface area contributed by atoms with Gasteiger partial charge in [-0.05, 0) is 34.1 Å². The number of benzene rings is 1. The first-order valence-corrected chi connectivity index (χ1v) is 5.40. The number of carbonyl (C=O) groups excluding carboxylic acids is 1. The standard InChI is InChI=1S/C9H7BrCl2O/c10-7-5-6(1-2-8(7)12)9(13)3-4-11/h1-2,5H,3-4H2. The summed E-state index contributed by atoms with van der Waals surface area (Å²) in [6.07, 6.45) is 0.357. The van der Waals surface area contributed by atoms with Crippen molar-refractivity contribution < 1.29 is 4.79 Å². The molecule has 0 bridgehead atoms. The molecule has 0 heterocycles. The SMILES string of the molecule is O=C(CCCl)c1ccc(Cl)c(Br)c1. The van der Waals surface area contributed by atoms with E-state index in [-0.39, 0.29) is 5.78 Å². The number of hydrogen-bond donors (Lipinski definition) is 0. The number of carbonyl (C=O) groups is 1. The van der Waals surface area contributed by atoms with Crippen LogP contribution in [0.1, 0.15) is 16.8 Å². The molecule has 70 valence electrons. The first-order valence-electron chi connectivity index (χ1n) is 3.69. The van der Waals surface area contributed by atoms with E-state index in [9.17, 15) is 4.79 Å². The summed E-state index contributed by atoms with van der Waals surface area (Å²) >= 11 is 14.5. The molecular formula is C9H7BrCl2O. The van der Waals surface area contributed by atoms with Crippen molar-refractivity contribution in [3.8, 4) is 0 Å². The third-order valence-corrected chi connectivity index (χ3v) is 2.97. The molecule has 4 heteroatoms. The van der Waals surface area contributed by atoms with Crippen LogP contribution < -0.4 is 0 Å². The van der Waals surface area contributed by atoms with Crippen molar-refractivity contribution in [2.75, 3.05) is 5.88 Å². The molecule has 1 rings (SSSR count). The van der Waals surface area contributed by atoms with Gasteiger partial charge in [-0.15, -0.1) is 11.6 Å². The zero-order chi connectivity index (χ0) is 9.84. The van der Waals surface area contributed by atoms with Gasteiger partial charge in [-0.3, -0.25) is 4.79 Å². The van der Waals surface area contributed by atoms with Gasteiger partial charge in [0.05, 0.1) is 5.02 Å². The molecule has 1 aromatic rings. The van der Waals surface area contributed by atoms with Gasteiger partial charge in [-0.1, -0.05) is 11.6 Å². The molecule has 0 aliphatic carbocycles. The lowest BCUT2D eigenvalue weighted by Gasteiger charge is -2.00. The van der Waals surface area contributed by atoms with E-state index in [0.717, 1.165) is 4.47 Å². The van der Waals surface area contributed by atoms with Crippen LogP contribution in [0.5, 0.6) is 0 Å². The largest absolute Gasteiger partial charge is 0.294 e. The number of halogens is 3.